The van der Waals surface area contributed by atoms with Crippen molar-refractivity contribution in [3.63, 3.8) is 0 Å². The van der Waals surface area contributed by atoms with E-state index in [-0.39, 0.29) is 22.7 Å². The van der Waals surface area contributed by atoms with Crippen molar-refractivity contribution in [2.75, 3.05) is 12.4 Å². The number of nitrogens with zero attached hydrogens (tertiary/aromatic N) is 1. The van der Waals surface area contributed by atoms with Gasteiger partial charge in [0.25, 0.3) is 5.69 Å². The Balaban J connectivity index is 2.84. The van der Waals surface area contributed by atoms with Crippen molar-refractivity contribution >= 4 is 23.3 Å². The number of amides is 1. The molecule has 7 heteroatoms. The quantitative estimate of drug-likeness (QED) is 0.531. The Hall–Kier alpha value is -3.22. The first-order valence-electron chi connectivity index (χ1n) is 6.68. The van der Waals surface area contributed by atoms with E-state index < -0.39 is 10.9 Å². The molecule has 0 atom stereocenters. The summed E-state index contributed by atoms with van der Waals surface area (Å²) < 4.78 is 4.69. The highest BCUT2D eigenvalue weighted by Gasteiger charge is 2.28. The number of methoxy groups -OCH3 is 1. The Kier molecular flexibility index (Phi) is 4.70. The molecule has 23 heavy (non-hydrogen) atoms. The zero-order valence-electron chi connectivity index (χ0n) is 12.5. The Bertz CT molecular complexity index is 772. The van der Waals surface area contributed by atoms with Crippen LogP contribution in [-0.2, 0) is 9.53 Å². The second-order valence-electron chi connectivity index (χ2n) is 4.68. The maximum Gasteiger partial charge on any atom is 0.345 e. The molecule has 0 saturated heterocycles. The first-order valence-corrected chi connectivity index (χ1v) is 6.68. The summed E-state index contributed by atoms with van der Waals surface area (Å²) in [6, 6.07) is 11.2. The topological polar surface area (TPSA) is 98.5 Å². The molecule has 0 aliphatic rings. The van der Waals surface area contributed by atoms with E-state index in [1.54, 1.807) is 30.3 Å². The number of esters is 1. The molecule has 2 aromatic rings. The molecule has 1 amide bonds. The molecular formula is C16H14N2O5. The van der Waals surface area contributed by atoms with Gasteiger partial charge >= 0.3 is 5.97 Å². The van der Waals surface area contributed by atoms with Crippen LogP contribution in [0.5, 0.6) is 0 Å². The van der Waals surface area contributed by atoms with Gasteiger partial charge in [0.1, 0.15) is 5.56 Å². The average Bonchev–Trinajstić information content (AvgIpc) is 2.53. The minimum absolute atomic E-state index is 0.199. The minimum Gasteiger partial charge on any atom is -0.465 e. The molecule has 2 aromatic carbocycles. The smallest absolute Gasteiger partial charge is 0.345 e. The summed E-state index contributed by atoms with van der Waals surface area (Å²) in [6.07, 6.45) is 0. The van der Waals surface area contributed by atoms with Crippen molar-refractivity contribution in [1.82, 2.24) is 0 Å². The fourth-order valence-corrected chi connectivity index (χ4v) is 2.25. The number of hydrogen-bond donors (Lipinski definition) is 1. The van der Waals surface area contributed by atoms with E-state index in [9.17, 15) is 19.7 Å². The zero-order valence-corrected chi connectivity index (χ0v) is 12.5. The number of hydrogen-bond acceptors (Lipinski definition) is 5. The molecule has 0 bridgehead atoms. The van der Waals surface area contributed by atoms with E-state index in [1.807, 2.05) is 0 Å². The Morgan fingerprint density at radius 1 is 1.13 bits per heavy atom. The van der Waals surface area contributed by atoms with Crippen molar-refractivity contribution in [2.45, 2.75) is 6.92 Å². The summed E-state index contributed by atoms with van der Waals surface area (Å²) in [4.78, 5) is 34.1. The van der Waals surface area contributed by atoms with Crippen molar-refractivity contribution in [2.24, 2.45) is 0 Å². The largest absolute Gasteiger partial charge is 0.465 e. The third kappa shape index (κ3) is 3.34. The van der Waals surface area contributed by atoms with Gasteiger partial charge in [-0.3, -0.25) is 14.9 Å². The maximum atomic E-state index is 12.1. The van der Waals surface area contributed by atoms with Gasteiger partial charge in [-0.2, -0.15) is 0 Å². The lowest BCUT2D eigenvalue weighted by Gasteiger charge is -2.14. The average molecular weight is 314 g/mol. The van der Waals surface area contributed by atoms with Gasteiger partial charge < -0.3 is 10.1 Å². The van der Waals surface area contributed by atoms with Crippen molar-refractivity contribution in [3.8, 4) is 11.1 Å². The molecule has 0 aliphatic heterocycles. The summed E-state index contributed by atoms with van der Waals surface area (Å²) in [7, 11) is 1.14. The molecule has 0 aliphatic carbocycles. The number of nitro groups is 1. The molecule has 0 radical (unpaired) electrons. The van der Waals surface area contributed by atoms with Crippen molar-refractivity contribution in [3.05, 3.63) is 58.1 Å². The van der Waals surface area contributed by atoms with Gasteiger partial charge in [-0.25, -0.2) is 4.79 Å². The van der Waals surface area contributed by atoms with Crippen LogP contribution in [0.2, 0.25) is 0 Å². The number of ether oxygens (including phenoxy) is 1. The summed E-state index contributed by atoms with van der Waals surface area (Å²) in [5.41, 5.74) is 0.525. The minimum atomic E-state index is -0.845. The Labute approximate surface area is 132 Å². The number of benzene rings is 2. The predicted molar refractivity (Wildman–Crippen MR) is 84.2 cm³/mol. The second-order valence-corrected chi connectivity index (χ2v) is 4.68. The van der Waals surface area contributed by atoms with Crippen LogP contribution in [0.3, 0.4) is 0 Å². The summed E-state index contributed by atoms with van der Waals surface area (Å²) in [5.74, 6) is -1.20. The van der Waals surface area contributed by atoms with E-state index in [4.69, 9.17) is 4.74 Å². The van der Waals surface area contributed by atoms with Crippen molar-refractivity contribution in [1.29, 1.82) is 0 Å². The molecule has 0 heterocycles. The lowest BCUT2D eigenvalue weighted by Crippen LogP contribution is -2.13. The van der Waals surface area contributed by atoms with Gasteiger partial charge in [0.2, 0.25) is 5.91 Å². The molecule has 118 valence electrons. The number of carbonyl (C=O) groups excluding carboxylic acids is 2. The Morgan fingerprint density at radius 2 is 1.78 bits per heavy atom. The number of nitrogens with one attached hydrogen (secondary N) is 1. The zero-order chi connectivity index (χ0) is 17.0. The van der Waals surface area contributed by atoms with Gasteiger partial charge in [-0.15, -0.1) is 0 Å². The molecule has 2 rings (SSSR count). The van der Waals surface area contributed by atoms with Crippen LogP contribution in [0.1, 0.15) is 17.3 Å². The standard InChI is InChI=1S/C16H14N2O5/c1-10(19)17-12-8-9-13(18(21)22)15(16(20)23-2)14(12)11-6-4-3-5-7-11/h3-9H,1-2H3,(H,17,19). The molecule has 0 aromatic heterocycles. The molecule has 1 N–H and O–H groups in total. The third-order valence-corrected chi connectivity index (χ3v) is 3.14. The van der Waals surface area contributed by atoms with Gasteiger partial charge in [-0.1, -0.05) is 30.3 Å². The highest BCUT2D eigenvalue weighted by atomic mass is 16.6. The first-order chi connectivity index (χ1) is 11.0. The highest BCUT2D eigenvalue weighted by molar-refractivity contribution is 6.07. The van der Waals surface area contributed by atoms with Gasteiger partial charge in [-0.05, 0) is 11.6 Å². The van der Waals surface area contributed by atoms with Gasteiger partial charge in [0, 0.05) is 24.2 Å². The van der Waals surface area contributed by atoms with E-state index in [0.29, 0.717) is 11.3 Å². The normalized spacial score (nSPS) is 10.0. The number of rotatable bonds is 4. The number of carbonyl (C=O) groups is 2. The van der Waals surface area contributed by atoms with Crippen LogP contribution in [0.15, 0.2) is 42.5 Å². The second kappa shape index (κ2) is 6.69. The van der Waals surface area contributed by atoms with E-state index in [2.05, 4.69) is 5.32 Å². The van der Waals surface area contributed by atoms with E-state index in [0.717, 1.165) is 7.11 Å². The van der Waals surface area contributed by atoms with Gasteiger partial charge in [0.05, 0.1) is 12.0 Å². The number of nitro benzene ring substituents is 1. The van der Waals surface area contributed by atoms with E-state index >= 15 is 0 Å². The molecular weight excluding hydrogens is 300 g/mol. The van der Waals surface area contributed by atoms with Crippen LogP contribution < -0.4 is 5.32 Å². The maximum absolute atomic E-state index is 12.1. The third-order valence-electron chi connectivity index (χ3n) is 3.14. The van der Waals surface area contributed by atoms with Crippen LogP contribution in [0.25, 0.3) is 11.1 Å². The first kappa shape index (κ1) is 16.2. The monoisotopic (exact) mass is 314 g/mol. The summed E-state index contributed by atoms with van der Waals surface area (Å²) in [6.45, 7) is 1.31. The van der Waals surface area contributed by atoms with Crippen molar-refractivity contribution < 1.29 is 19.2 Å². The molecule has 0 saturated carbocycles. The molecule has 0 unspecified atom stereocenters. The number of anilines is 1. The van der Waals surface area contributed by atoms with Crippen LogP contribution in [0.4, 0.5) is 11.4 Å². The SMILES string of the molecule is COC(=O)c1c([N+](=O)[O-])ccc(NC(C)=O)c1-c1ccccc1. The molecule has 7 nitrogen and oxygen atoms in total. The van der Waals surface area contributed by atoms with Crippen LogP contribution >= 0.6 is 0 Å². The molecule has 0 fully saturated rings. The predicted octanol–water partition coefficient (Wildman–Crippen LogP) is 3.01. The molecule has 0 spiro atoms. The lowest BCUT2D eigenvalue weighted by molar-refractivity contribution is -0.385. The van der Waals surface area contributed by atoms with Gasteiger partial charge in [0.15, 0.2) is 0 Å². The van der Waals surface area contributed by atoms with E-state index in [1.165, 1.54) is 19.1 Å². The highest BCUT2D eigenvalue weighted by Crippen LogP contribution is 2.37. The summed E-state index contributed by atoms with van der Waals surface area (Å²) >= 11 is 0. The summed E-state index contributed by atoms with van der Waals surface area (Å²) in [5, 5.41) is 13.9. The Morgan fingerprint density at radius 3 is 2.30 bits per heavy atom. The van der Waals surface area contributed by atoms with Crippen LogP contribution in [-0.4, -0.2) is 23.9 Å². The van der Waals surface area contributed by atoms with Crippen LogP contribution in [0, 0.1) is 10.1 Å². The lowest BCUT2D eigenvalue weighted by atomic mass is 9.96. The fourth-order valence-electron chi connectivity index (χ4n) is 2.25. The fraction of sp³-hybridized carbons (Fsp3) is 0.125.